The van der Waals surface area contributed by atoms with Crippen molar-refractivity contribution >= 4 is 28.6 Å². The predicted octanol–water partition coefficient (Wildman–Crippen LogP) is 4.06. The summed E-state index contributed by atoms with van der Waals surface area (Å²) < 4.78 is 6.12. The summed E-state index contributed by atoms with van der Waals surface area (Å²) in [5.41, 5.74) is 2.38. The molecule has 0 amide bonds. The van der Waals surface area contributed by atoms with Gasteiger partial charge in [-0.15, -0.1) is 11.3 Å². The van der Waals surface area contributed by atoms with Crippen molar-refractivity contribution in [2.75, 3.05) is 32.1 Å². The highest BCUT2D eigenvalue weighted by Crippen LogP contribution is 2.30. The summed E-state index contributed by atoms with van der Waals surface area (Å²) in [5.74, 6) is 0.888. The average molecular weight is 352 g/mol. The minimum Gasteiger partial charge on any atom is -0.495 e. The Balaban J connectivity index is 1.70. The van der Waals surface area contributed by atoms with Gasteiger partial charge in [0.25, 0.3) is 0 Å². The molecule has 1 saturated heterocycles. The van der Waals surface area contributed by atoms with Crippen LogP contribution >= 0.6 is 22.9 Å². The number of anilines is 1. The first-order valence-electron chi connectivity index (χ1n) is 7.98. The van der Waals surface area contributed by atoms with Crippen molar-refractivity contribution < 1.29 is 4.74 Å². The van der Waals surface area contributed by atoms with Crippen molar-refractivity contribution in [1.29, 1.82) is 0 Å². The van der Waals surface area contributed by atoms with Gasteiger partial charge in [0, 0.05) is 17.6 Å². The van der Waals surface area contributed by atoms with E-state index in [1.54, 1.807) is 7.11 Å². The number of nitrogens with zero attached hydrogens (tertiary/aromatic N) is 2. The monoisotopic (exact) mass is 351 g/mol. The highest BCUT2D eigenvalue weighted by atomic mass is 35.5. The molecule has 1 aromatic heterocycles. The van der Waals surface area contributed by atoms with Gasteiger partial charge in [-0.3, -0.25) is 0 Å². The lowest BCUT2D eigenvalue weighted by Gasteiger charge is -2.18. The Labute approximate surface area is 146 Å². The number of methoxy groups -OCH3 is 1. The van der Waals surface area contributed by atoms with Crippen molar-refractivity contribution in [3.8, 4) is 5.75 Å². The zero-order valence-corrected chi connectivity index (χ0v) is 14.9. The Kier molecular flexibility index (Phi) is 5.75. The van der Waals surface area contributed by atoms with E-state index in [4.69, 9.17) is 16.3 Å². The third-order valence-electron chi connectivity index (χ3n) is 4.19. The number of ether oxygens (including phenoxy) is 1. The number of rotatable bonds is 7. The zero-order chi connectivity index (χ0) is 16.1. The van der Waals surface area contributed by atoms with Gasteiger partial charge in [0.05, 0.1) is 19.3 Å². The molecular formula is C17H22ClN3OS. The number of benzene rings is 1. The van der Waals surface area contributed by atoms with E-state index < -0.39 is 0 Å². The van der Waals surface area contributed by atoms with Crippen LogP contribution < -0.4 is 10.1 Å². The van der Waals surface area contributed by atoms with Crippen LogP contribution in [0.25, 0.3) is 0 Å². The second-order valence-corrected chi connectivity index (χ2v) is 7.42. The molecule has 1 fully saturated rings. The fourth-order valence-electron chi connectivity index (χ4n) is 2.98. The van der Waals surface area contributed by atoms with Crippen LogP contribution in [-0.4, -0.2) is 36.6 Å². The molecule has 124 valence electrons. The fraction of sp³-hybridized carbons (Fsp3) is 0.471. The molecule has 0 saturated carbocycles. The Bertz CT molecular complexity index is 641. The highest BCUT2D eigenvalue weighted by molar-refractivity contribution is 7.15. The summed E-state index contributed by atoms with van der Waals surface area (Å²) in [7, 11) is 1.72. The van der Waals surface area contributed by atoms with E-state index in [0.717, 1.165) is 29.3 Å². The lowest BCUT2D eigenvalue weighted by molar-refractivity contribution is 0.343. The third-order valence-corrected chi connectivity index (χ3v) is 5.31. The van der Waals surface area contributed by atoms with Crippen molar-refractivity contribution in [3.05, 3.63) is 39.3 Å². The van der Waals surface area contributed by atoms with Gasteiger partial charge in [-0.05, 0) is 44.0 Å². The number of para-hydroxylation sites is 1. The Morgan fingerprint density at radius 3 is 2.87 bits per heavy atom. The highest BCUT2D eigenvalue weighted by Gasteiger charge is 2.14. The summed E-state index contributed by atoms with van der Waals surface area (Å²) in [6.07, 6.45) is 5.51. The summed E-state index contributed by atoms with van der Waals surface area (Å²) in [4.78, 5) is 7.74. The number of halogens is 1. The standard InChI is InChI=1S/C17H22ClN3OS/c1-22-15-6-4-5-13(7-10-21-8-2-3-9-21)16(15)19-11-14-12-20-17(18)23-14/h4-6,12,19H,2-3,7-11H2,1H3. The third kappa shape index (κ3) is 4.37. The van der Waals surface area contributed by atoms with Crippen LogP contribution in [0.5, 0.6) is 5.75 Å². The van der Waals surface area contributed by atoms with Crippen molar-refractivity contribution in [1.82, 2.24) is 9.88 Å². The number of thiazole rings is 1. The molecule has 0 unspecified atom stereocenters. The molecule has 0 bridgehead atoms. The number of hydrogen-bond donors (Lipinski definition) is 1. The van der Waals surface area contributed by atoms with Crippen LogP contribution in [0, 0.1) is 0 Å². The van der Waals surface area contributed by atoms with Crippen LogP contribution in [0.1, 0.15) is 23.3 Å². The maximum Gasteiger partial charge on any atom is 0.183 e. The zero-order valence-electron chi connectivity index (χ0n) is 13.3. The van der Waals surface area contributed by atoms with Gasteiger partial charge < -0.3 is 15.0 Å². The van der Waals surface area contributed by atoms with Gasteiger partial charge in [-0.25, -0.2) is 4.98 Å². The Hall–Kier alpha value is -1.30. The van der Waals surface area contributed by atoms with Gasteiger partial charge in [-0.1, -0.05) is 23.7 Å². The van der Waals surface area contributed by atoms with Gasteiger partial charge in [0.2, 0.25) is 0 Å². The van der Waals surface area contributed by atoms with Crippen LogP contribution in [0.3, 0.4) is 0 Å². The van der Waals surface area contributed by atoms with Crippen molar-refractivity contribution in [3.63, 3.8) is 0 Å². The number of hydrogen-bond acceptors (Lipinski definition) is 5. The lowest BCUT2D eigenvalue weighted by atomic mass is 10.1. The number of aromatic nitrogens is 1. The molecule has 23 heavy (non-hydrogen) atoms. The molecule has 2 heterocycles. The smallest absolute Gasteiger partial charge is 0.183 e. The molecule has 6 heteroatoms. The first-order chi connectivity index (χ1) is 11.3. The predicted molar refractivity (Wildman–Crippen MR) is 96.8 cm³/mol. The van der Waals surface area contributed by atoms with E-state index in [-0.39, 0.29) is 0 Å². The van der Waals surface area contributed by atoms with Gasteiger partial charge in [-0.2, -0.15) is 0 Å². The molecule has 0 radical (unpaired) electrons. The normalized spacial score (nSPS) is 15.0. The molecule has 1 aliphatic rings. The molecular weight excluding hydrogens is 330 g/mol. The Morgan fingerprint density at radius 2 is 2.17 bits per heavy atom. The molecule has 1 N–H and O–H groups in total. The minimum absolute atomic E-state index is 0.580. The number of nitrogens with one attached hydrogen (secondary N) is 1. The summed E-state index contributed by atoms with van der Waals surface area (Å²) in [5, 5.41) is 3.51. The van der Waals surface area contributed by atoms with Crippen LogP contribution in [0.15, 0.2) is 24.4 Å². The summed E-state index contributed by atoms with van der Waals surface area (Å²) in [6.45, 7) is 4.27. The molecule has 1 aromatic carbocycles. The SMILES string of the molecule is COc1cccc(CCN2CCCC2)c1NCc1cnc(Cl)s1. The second-order valence-electron chi connectivity index (χ2n) is 5.73. The van der Waals surface area contributed by atoms with E-state index in [0.29, 0.717) is 11.0 Å². The minimum atomic E-state index is 0.580. The van der Waals surface area contributed by atoms with Gasteiger partial charge in [0.15, 0.2) is 4.47 Å². The average Bonchev–Trinajstić information content (AvgIpc) is 3.22. The van der Waals surface area contributed by atoms with Crippen molar-refractivity contribution in [2.24, 2.45) is 0 Å². The lowest BCUT2D eigenvalue weighted by Crippen LogP contribution is -2.22. The molecule has 0 atom stereocenters. The van der Waals surface area contributed by atoms with Crippen LogP contribution in [0.4, 0.5) is 5.69 Å². The quantitative estimate of drug-likeness (QED) is 0.816. The maximum absolute atomic E-state index is 5.90. The van der Waals surface area contributed by atoms with Crippen molar-refractivity contribution in [2.45, 2.75) is 25.8 Å². The maximum atomic E-state index is 5.90. The van der Waals surface area contributed by atoms with E-state index in [9.17, 15) is 0 Å². The topological polar surface area (TPSA) is 37.4 Å². The molecule has 1 aliphatic heterocycles. The molecule has 3 rings (SSSR count). The van der Waals surface area contributed by atoms with E-state index in [2.05, 4.69) is 27.3 Å². The Morgan fingerprint density at radius 1 is 1.35 bits per heavy atom. The van der Waals surface area contributed by atoms with E-state index in [1.807, 2.05) is 12.3 Å². The largest absolute Gasteiger partial charge is 0.495 e. The number of likely N-dealkylation sites (tertiary alicyclic amines) is 1. The van der Waals surface area contributed by atoms with Crippen LogP contribution in [-0.2, 0) is 13.0 Å². The summed E-state index contributed by atoms with van der Waals surface area (Å²) >= 11 is 7.41. The molecule has 0 spiro atoms. The second kappa shape index (κ2) is 7.99. The van der Waals surface area contributed by atoms with E-state index in [1.165, 1.54) is 42.8 Å². The van der Waals surface area contributed by atoms with Crippen LogP contribution in [0.2, 0.25) is 4.47 Å². The van der Waals surface area contributed by atoms with E-state index >= 15 is 0 Å². The van der Waals surface area contributed by atoms with Gasteiger partial charge >= 0.3 is 0 Å². The summed E-state index contributed by atoms with van der Waals surface area (Å²) in [6, 6.07) is 6.24. The molecule has 4 nitrogen and oxygen atoms in total. The first kappa shape index (κ1) is 16.6. The fourth-order valence-corrected chi connectivity index (χ4v) is 3.90. The molecule has 2 aromatic rings. The van der Waals surface area contributed by atoms with Gasteiger partial charge in [0.1, 0.15) is 5.75 Å². The molecule has 0 aliphatic carbocycles. The first-order valence-corrected chi connectivity index (χ1v) is 9.18.